The molecule has 0 saturated carbocycles. The molecule has 1 aromatic heterocycles. The van der Waals surface area contributed by atoms with Gasteiger partial charge in [0.25, 0.3) is 0 Å². The Morgan fingerprint density at radius 2 is 1.95 bits per heavy atom. The largest absolute Gasteiger partial charge is 0.444 e. The van der Waals surface area contributed by atoms with Crippen molar-refractivity contribution in [2.75, 3.05) is 6.54 Å². The van der Waals surface area contributed by atoms with Crippen molar-refractivity contribution < 1.29 is 9.53 Å². The Balaban J connectivity index is 1.83. The van der Waals surface area contributed by atoms with Gasteiger partial charge in [-0.25, -0.2) is 4.79 Å². The Kier molecular flexibility index (Phi) is 4.75. The number of hydrogen-bond donors (Lipinski definition) is 1. The summed E-state index contributed by atoms with van der Waals surface area (Å²) in [4.78, 5) is 13.0. The van der Waals surface area contributed by atoms with Gasteiger partial charge in [-0.05, 0) is 38.0 Å². The van der Waals surface area contributed by atoms with Gasteiger partial charge in [-0.1, -0.05) is 24.3 Å². The van der Waals surface area contributed by atoms with E-state index in [9.17, 15) is 4.79 Å². The normalized spacial score (nSPS) is 11.3. The third-order valence-electron chi connectivity index (χ3n) is 2.80. The van der Waals surface area contributed by atoms with Crippen LogP contribution in [-0.4, -0.2) is 38.4 Å². The van der Waals surface area contributed by atoms with Crippen molar-refractivity contribution in [1.29, 1.82) is 0 Å². The fourth-order valence-electron chi connectivity index (χ4n) is 1.84. The second-order valence-corrected chi connectivity index (χ2v) is 5.98. The maximum absolute atomic E-state index is 11.5. The molecular formula is C15H21N5O2. The van der Waals surface area contributed by atoms with Crippen molar-refractivity contribution in [2.45, 2.75) is 32.8 Å². The summed E-state index contributed by atoms with van der Waals surface area (Å²) < 4.78 is 5.18. The fraction of sp³-hybridized carbons (Fsp3) is 0.467. The topological polar surface area (TPSA) is 81.9 Å². The molecule has 2 rings (SSSR count). The summed E-state index contributed by atoms with van der Waals surface area (Å²) >= 11 is 0. The highest BCUT2D eigenvalue weighted by molar-refractivity contribution is 5.67. The first kappa shape index (κ1) is 15.9. The van der Waals surface area contributed by atoms with Crippen molar-refractivity contribution >= 4 is 6.09 Å². The van der Waals surface area contributed by atoms with E-state index >= 15 is 0 Å². The molecule has 0 aliphatic carbocycles. The van der Waals surface area contributed by atoms with Crippen LogP contribution in [0.1, 0.15) is 26.3 Å². The molecule has 7 nitrogen and oxygen atoms in total. The van der Waals surface area contributed by atoms with E-state index < -0.39 is 11.7 Å². The summed E-state index contributed by atoms with van der Waals surface area (Å²) in [5.74, 6) is 0.598. The van der Waals surface area contributed by atoms with E-state index in [1.165, 1.54) is 4.80 Å². The van der Waals surface area contributed by atoms with Gasteiger partial charge in [-0.15, -0.1) is 10.2 Å². The van der Waals surface area contributed by atoms with Crippen molar-refractivity contribution in [2.24, 2.45) is 7.05 Å². The number of aromatic nitrogens is 4. The lowest BCUT2D eigenvalue weighted by Gasteiger charge is -2.19. The monoisotopic (exact) mass is 303 g/mol. The summed E-state index contributed by atoms with van der Waals surface area (Å²) in [7, 11) is 1.73. The minimum absolute atomic E-state index is 0.395. The molecular weight excluding hydrogens is 282 g/mol. The SMILES string of the molecule is Cn1nnc(-c2ccc(CCNC(=O)OC(C)(C)C)cc2)n1. The van der Waals surface area contributed by atoms with Crippen LogP contribution in [0.15, 0.2) is 24.3 Å². The zero-order chi connectivity index (χ0) is 16.2. The molecule has 1 amide bonds. The number of amides is 1. The maximum Gasteiger partial charge on any atom is 0.407 e. The molecule has 0 aliphatic heterocycles. The van der Waals surface area contributed by atoms with Gasteiger partial charge in [-0.3, -0.25) is 0 Å². The van der Waals surface area contributed by atoms with Crippen LogP contribution in [0.4, 0.5) is 4.79 Å². The Morgan fingerprint density at radius 1 is 1.27 bits per heavy atom. The molecule has 1 heterocycles. The minimum Gasteiger partial charge on any atom is -0.444 e. The molecule has 2 aromatic rings. The molecule has 0 unspecified atom stereocenters. The van der Waals surface area contributed by atoms with Crippen molar-refractivity contribution in [3.8, 4) is 11.4 Å². The highest BCUT2D eigenvalue weighted by atomic mass is 16.6. The van der Waals surface area contributed by atoms with E-state index in [1.54, 1.807) is 7.05 Å². The zero-order valence-electron chi connectivity index (χ0n) is 13.3. The first-order chi connectivity index (χ1) is 10.3. The summed E-state index contributed by atoms with van der Waals surface area (Å²) in [5.41, 5.74) is 1.55. The number of nitrogens with one attached hydrogen (secondary N) is 1. The van der Waals surface area contributed by atoms with Gasteiger partial charge in [0, 0.05) is 12.1 Å². The van der Waals surface area contributed by atoms with Gasteiger partial charge in [0.15, 0.2) is 0 Å². The van der Waals surface area contributed by atoms with Gasteiger partial charge in [-0.2, -0.15) is 4.80 Å². The lowest BCUT2D eigenvalue weighted by Crippen LogP contribution is -2.33. The van der Waals surface area contributed by atoms with Gasteiger partial charge in [0.05, 0.1) is 7.05 Å². The number of carbonyl (C=O) groups excluding carboxylic acids is 1. The third kappa shape index (κ3) is 4.83. The predicted molar refractivity (Wildman–Crippen MR) is 82.2 cm³/mol. The number of alkyl carbamates (subject to hydrolysis) is 1. The molecule has 0 spiro atoms. The molecule has 22 heavy (non-hydrogen) atoms. The molecule has 1 N–H and O–H groups in total. The summed E-state index contributed by atoms with van der Waals surface area (Å²) in [5, 5.41) is 14.7. The Bertz CT molecular complexity index is 628. The highest BCUT2D eigenvalue weighted by Gasteiger charge is 2.15. The van der Waals surface area contributed by atoms with E-state index in [4.69, 9.17) is 4.74 Å². The summed E-state index contributed by atoms with van der Waals surface area (Å²) in [6.07, 6.45) is 0.334. The molecule has 1 aromatic carbocycles. The smallest absolute Gasteiger partial charge is 0.407 e. The molecule has 0 aliphatic rings. The second kappa shape index (κ2) is 6.55. The number of aryl methyl sites for hydroxylation is 1. The minimum atomic E-state index is -0.477. The molecule has 0 atom stereocenters. The van der Waals surface area contributed by atoms with Gasteiger partial charge in [0.1, 0.15) is 5.60 Å². The third-order valence-corrected chi connectivity index (χ3v) is 2.80. The fourth-order valence-corrected chi connectivity index (χ4v) is 1.84. The Morgan fingerprint density at radius 3 is 2.50 bits per heavy atom. The van der Waals surface area contributed by atoms with Crippen LogP contribution < -0.4 is 5.32 Å². The molecule has 7 heteroatoms. The van der Waals surface area contributed by atoms with Crippen molar-refractivity contribution in [3.63, 3.8) is 0 Å². The van der Waals surface area contributed by atoms with Gasteiger partial charge >= 0.3 is 6.09 Å². The van der Waals surface area contributed by atoms with E-state index in [-0.39, 0.29) is 0 Å². The molecule has 0 fully saturated rings. The number of rotatable bonds is 4. The van der Waals surface area contributed by atoms with E-state index in [1.807, 2.05) is 45.0 Å². The van der Waals surface area contributed by atoms with Crippen LogP contribution in [0, 0.1) is 0 Å². The predicted octanol–water partition coefficient (Wildman–Crippen LogP) is 1.94. The van der Waals surface area contributed by atoms with E-state index in [0.717, 1.165) is 17.5 Å². The number of hydrogen-bond acceptors (Lipinski definition) is 5. The zero-order valence-corrected chi connectivity index (χ0v) is 13.3. The second-order valence-electron chi connectivity index (χ2n) is 5.98. The van der Waals surface area contributed by atoms with Crippen LogP contribution in [0.2, 0.25) is 0 Å². The van der Waals surface area contributed by atoms with Crippen molar-refractivity contribution in [1.82, 2.24) is 25.5 Å². The van der Waals surface area contributed by atoms with Crippen LogP contribution in [-0.2, 0) is 18.2 Å². The van der Waals surface area contributed by atoms with E-state index in [2.05, 4.69) is 20.7 Å². The van der Waals surface area contributed by atoms with Crippen molar-refractivity contribution in [3.05, 3.63) is 29.8 Å². The average Bonchev–Trinajstić information content (AvgIpc) is 2.84. The van der Waals surface area contributed by atoms with Crippen LogP contribution in [0.25, 0.3) is 11.4 Å². The number of ether oxygens (including phenoxy) is 1. The number of carbonyl (C=O) groups is 1. The van der Waals surface area contributed by atoms with Gasteiger partial charge < -0.3 is 10.1 Å². The first-order valence-corrected chi connectivity index (χ1v) is 7.14. The van der Waals surface area contributed by atoms with Crippen LogP contribution in [0.3, 0.4) is 0 Å². The lowest BCUT2D eigenvalue weighted by atomic mass is 10.1. The maximum atomic E-state index is 11.5. The number of tetrazole rings is 1. The summed E-state index contributed by atoms with van der Waals surface area (Å²) in [6, 6.07) is 7.87. The molecule has 0 radical (unpaired) electrons. The first-order valence-electron chi connectivity index (χ1n) is 7.14. The Hall–Kier alpha value is -2.44. The number of benzene rings is 1. The van der Waals surface area contributed by atoms with Gasteiger partial charge in [0.2, 0.25) is 5.82 Å². The molecule has 118 valence electrons. The summed E-state index contributed by atoms with van der Waals surface area (Å²) in [6.45, 7) is 6.04. The average molecular weight is 303 g/mol. The highest BCUT2D eigenvalue weighted by Crippen LogP contribution is 2.14. The standard InChI is InChI=1S/C15H21N5O2/c1-15(2,3)22-14(21)16-10-9-11-5-7-12(8-6-11)13-17-19-20(4)18-13/h5-8H,9-10H2,1-4H3,(H,16,21). The Labute approximate surface area is 129 Å². The van der Waals surface area contributed by atoms with Crippen LogP contribution >= 0.6 is 0 Å². The van der Waals surface area contributed by atoms with Crippen LogP contribution in [0.5, 0.6) is 0 Å². The lowest BCUT2D eigenvalue weighted by molar-refractivity contribution is 0.0528. The quantitative estimate of drug-likeness (QED) is 0.933. The van der Waals surface area contributed by atoms with E-state index in [0.29, 0.717) is 12.4 Å². The molecule has 0 bridgehead atoms. The molecule has 0 saturated heterocycles. The number of nitrogens with zero attached hydrogens (tertiary/aromatic N) is 4.